The van der Waals surface area contributed by atoms with Gasteiger partial charge in [0.15, 0.2) is 0 Å². The third kappa shape index (κ3) is 3.78. The Hall–Kier alpha value is -1.94. The van der Waals surface area contributed by atoms with Crippen LogP contribution in [0.1, 0.15) is 12.5 Å². The molecule has 1 unspecified atom stereocenters. The summed E-state index contributed by atoms with van der Waals surface area (Å²) < 4.78 is 0. The van der Waals surface area contributed by atoms with Crippen molar-refractivity contribution in [3.8, 4) is 5.75 Å². The minimum atomic E-state index is -0.209. The normalized spacial score (nSPS) is 11.9. The first-order valence-electron chi connectivity index (χ1n) is 6.38. The maximum absolute atomic E-state index is 12.2. The molecule has 4 heteroatoms. The third-order valence-electron chi connectivity index (χ3n) is 2.92. The second kappa shape index (κ2) is 6.48. The number of amides is 1. The highest BCUT2D eigenvalue weighted by Crippen LogP contribution is 2.26. The molecular weight excluding hydrogens is 270 g/mol. The SMILES string of the molecule is Cc1ccccc1NC(=O)C(C)Sc1ccc(O)cc1. The van der Waals surface area contributed by atoms with Gasteiger partial charge in [0, 0.05) is 10.6 Å². The van der Waals surface area contributed by atoms with E-state index in [1.807, 2.05) is 38.1 Å². The van der Waals surface area contributed by atoms with Gasteiger partial charge in [0.05, 0.1) is 5.25 Å². The Morgan fingerprint density at radius 1 is 1.15 bits per heavy atom. The number of aromatic hydroxyl groups is 1. The van der Waals surface area contributed by atoms with Gasteiger partial charge in [-0.1, -0.05) is 18.2 Å². The summed E-state index contributed by atoms with van der Waals surface area (Å²) in [7, 11) is 0. The number of phenolic OH excluding ortho intramolecular Hbond substituents is 1. The molecule has 0 aliphatic carbocycles. The summed E-state index contributed by atoms with van der Waals surface area (Å²) in [6.45, 7) is 3.83. The maximum atomic E-state index is 12.2. The Morgan fingerprint density at radius 3 is 2.45 bits per heavy atom. The molecule has 1 amide bonds. The molecule has 2 N–H and O–H groups in total. The number of para-hydroxylation sites is 1. The maximum Gasteiger partial charge on any atom is 0.237 e. The van der Waals surface area contributed by atoms with Crippen molar-refractivity contribution in [3.05, 3.63) is 54.1 Å². The van der Waals surface area contributed by atoms with Crippen LogP contribution in [0.5, 0.6) is 5.75 Å². The van der Waals surface area contributed by atoms with Crippen LogP contribution in [0.3, 0.4) is 0 Å². The van der Waals surface area contributed by atoms with Gasteiger partial charge in [0.1, 0.15) is 5.75 Å². The van der Waals surface area contributed by atoms with E-state index in [1.54, 1.807) is 24.3 Å². The second-order valence-corrected chi connectivity index (χ2v) is 5.97. The van der Waals surface area contributed by atoms with Gasteiger partial charge in [-0.25, -0.2) is 0 Å². The predicted molar refractivity (Wildman–Crippen MR) is 83.2 cm³/mol. The van der Waals surface area contributed by atoms with Gasteiger partial charge in [0.25, 0.3) is 0 Å². The zero-order valence-electron chi connectivity index (χ0n) is 11.5. The molecule has 0 aliphatic heterocycles. The number of benzene rings is 2. The average Bonchev–Trinajstić information content (AvgIpc) is 2.44. The van der Waals surface area contributed by atoms with Gasteiger partial charge in [-0.15, -0.1) is 11.8 Å². The van der Waals surface area contributed by atoms with Crippen molar-refractivity contribution in [1.29, 1.82) is 0 Å². The summed E-state index contributed by atoms with van der Waals surface area (Å²) in [6, 6.07) is 14.6. The van der Waals surface area contributed by atoms with Crippen molar-refractivity contribution in [2.75, 3.05) is 5.32 Å². The van der Waals surface area contributed by atoms with Crippen molar-refractivity contribution in [3.63, 3.8) is 0 Å². The van der Waals surface area contributed by atoms with E-state index < -0.39 is 0 Å². The molecule has 0 spiro atoms. The van der Waals surface area contributed by atoms with Crippen LogP contribution in [0.25, 0.3) is 0 Å². The van der Waals surface area contributed by atoms with Crippen LogP contribution in [-0.4, -0.2) is 16.3 Å². The minimum absolute atomic E-state index is 0.0302. The first-order chi connectivity index (χ1) is 9.56. The summed E-state index contributed by atoms with van der Waals surface area (Å²) >= 11 is 1.46. The molecule has 0 aromatic heterocycles. The standard InChI is InChI=1S/C16H17NO2S/c1-11-5-3-4-6-15(11)17-16(19)12(2)20-14-9-7-13(18)8-10-14/h3-10,12,18H,1-2H3,(H,17,19). The Bertz CT molecular complexity index is 596. The first-order valence-corrected chi connectivity index (χ1v) is 7.26. The number of carbonyl (C=O) groups is 1. The van der Waals surface area contributed by atoms with Gasteiger partial charge < -0.3 is 10.4 Å². The quantitative estimate of drug-likeness (QED) is 0.840. The molecule has 0 saturated carbocycles. The highest BCUT2D eigenvalue weighted by molar-refractivity contribution is 8.00. The number of phenols is 1. The molecule has 2 rings (SSSR count). The number of nitrogens with one attached hydrogen (secondary N) is 1. The van der Waals surface area contributed by atoms with E-state index in [2.05, 4.69) is 5.32 Å². The molecule has 0 saturated heterocycles. The van der Waals surface area contributed by atoms with Crippen LogP contribution in [0.2, 0.25) is 0 Å². The summed E-state index contributed by atoms with van der Waals surface area (Å²) in [5.41, 5.74) is 1.89. The Morgan fingerprint density at radius 2 is 1.80 bits per heavy atom. The molecule has 104 valence electrons. The largest absolute Gasteiger partial charge is 0.508 e. The van der Waals surface area contributed by atoms with E-state index in [-0.39, 0.29) is 16.9 Å². The zero-order chi connectivity index (χ0) is 14.5. The number of rotatable bonds is 4. The van der Waals surface area contributed by atoms with Gasteiger partial charge in [-0.3, -0.25) is 4.79 Å². The van der Waals surface area contributed by atoms with Crippen LogP contribution >= 0.6 is 11.8 Å². The van der Waals surface area contributed by atoms with Crippen molar-refractivity contribution in [2.45, 2.75) is 24.0 Å². The van der Waals surface area contributed by atoms with Crippen LogP contribution in [-0.2, 0) is 4.79 Å². The van der Waals surface area contributed by atoms with Crippen molar-refractivity contribution >= 4 is 23.4 Å². The Labute approximate surface area is 123 Å². The fourth-order valence-electron chi connectivity index (χ4n) is 1.73. The lowest BCUT2D eigenvalue weighted by atomic mass is 10.2. The summed E-state index contributed by atoms with van der Waals surface area (Å²) in [4.78, 5) is 13.1. The smallest absolute Gasteiger partial charge is 0.237 e. The number of anilines is 1. The highest BCUT2D eigenvalue weighted by Gasteiger charge is 2.15. The number of aryl methyl sites for hydroxylation is 1. The highest BCUT2D eigenvalue weighted by atomic mass is 32.2. The first kappa shape index (κ1) is 14.5. The van der Waals surface area contributed by atoms with E-state index in [0.29, 0.717) is 0 Å². The lowest BCUT2D eigenvalue weighted by molar-refractivity contribution is -0.115. The molecule has 20 heavy (non-hydrogen) atoms. The molecule has 3 nitrogen and oxygen atoms in total. The average molecular weight is 287 g/mol. The van der Waals surface area contributed by atoms with Crippen LogP contribution in [0.15, 0.2) is 53.4 Å². The van der Waals surface area contributed by atoms with Gasteiger partial charge in [0.2, 0.25) is 5.91 Å². The molecule has 0 bridgehead atoms. The molecule has 2 aromatic rings. The lowest BCUT2D eigenvalue weighted by Gasteiger charge is -2.13. The van der Waals surface area contributed by atoms with Crippen molar-refractivity contribution in [2.24, 2.45) is 0 Å². The van der Waals surface area contributed by atoms with E-state index in [1.165, 1.54) is 11.8 Å². The summed E-state index contributed by atoms with van der Waals surface area (Å²) in [5.74, 6) is 0.198. The zero-order valence-corrected chi connectivity index (χ0v) is 12.3. The van der Waals surface area contributed by atoms with Gasteiger partial charge in [-0.2, -0.15) is 0 Å². The molecule has 0 heterocycles. The summed E-state index contributed by atoms with van der Waals surface area (Å²) in [6.07, 6.45) is 0. The van der Waals surface area contributed by atoms with E-state index >= 15 is 0 Å². The number of thioether (sulfide) groups is 1. The second-order valence-electron chi connectivity index (χ2n) is 4.56. The van der Waals surface area contributed by atoms with Gasteiger partial charge in [-0.05, 0) is 49.7 Å². The number of carbonyl (C=O) groups excluding carboxylic acids is 1. The van der Waals surface area contributed by atoms with Crippen molar-refractivity contribution < 1.29 is 9.90 Å². The van der Waals surface area contributed by atoms with E-state index in [9.17, 15) is 9.90 Å². The third-order valence-corrected chi connectivity index (χ3v) is 4.03. The fourth-order valence-corrected chi connectivity index (χ4v) is 2.60. The molecule has 0 radical (unpaired) electrons. The molecule has 0 fully saturated rings. The molecule has 2 aromatic carbocycles. The topological polar surface area (TPSA) is 49.3 Å². The van der Waals surface area contributed by atoms with Gasteiger partial charge >= 0.3 is 0 Å². The Kier molecular flexibility index (Phi) is 4.69. The Balaban J connectivity index is 1.99. The number of hydrogen-bond acceptors (Lipinski definition) is 3. The van der Waals surface area contributed by atoms with Crippen LogP contribution in [0, 0.1) is 6.92 Å². The van der Waals surface area contributed by atoms with E-state index in [4.69, 9.17) is 0 Å². The summed E-state index contributed by atoms with van der Waals surface area (Å²) in [5, 5.41) is 12.0. The number of hydrogen-bond donors (Lipinski definition) is 2. The minimum Gasteiger partial charge on any atom is -0.508 e. The predicted octanol–water partition coefficient (Wildman–Crippen LogP) is 3.82. The lowest BCUT2D eigenvalue weighted by Crippen LogP contribution is -2.22. The van der Waals surface area contributed by atoms with E-state index in [0.717, 1.165) is 16.1 Å². The molecule has 1 atom stereocenters. The van der Waals surface area contributed by atoms with Crippen LogP contribution in [0.4, 0.5) is 5.69 Å². The van der Waals surface area contributed by atoms with Crippen LogP contribution < -0.4 is 5.32 Å². The monoisotopic (exact) mass is 287 g/mol. The molecular formula is C16H17NO2S. The fraction of sp³-hybridized carbons (Fsp3) is 0.188. The van der Waals surface area contributed by atoms with Crippen molar-refractivity contribution in [1.82, 2.24) is 0 Å². The molecule has 0 aliphatic rings.